The third-order valence-corrected chi connectivity index (χ3v) is 4.05. The monoisotopic (exact) mass is 260 g/mol. The summed E-state index contributed by atoms with van der Waals surface area (Å²) in [5, 5.41) is 3.51. The molecule has 1 fully saturated rings. The molecular weight excluding hydrogens is 232 g/mol. The Hall–Kier alpha value is -1.02. The van der Waals surface area contributed by atoms with E-state index >= 15 is 0 Å². The lowest BCUT2D eigenvalue weighted by molar-refractivity contribution is 0.380. The van der Waals surface area contributed by atoms with Crippen LogP contribution in [0.1, 0.15) is 39.2 Å². The molecule has 0 saturated carbocycles. The second kappa shape index (κ2) is 5.96. The van der Waals surface area contributed by atoms with E-state index in [4.69, 9.17) is 0 Å². The number of nitrogens with one attached hydrogen (secondary N) is 1. The summed E-state index contributed by atoms with van der Waals surface area (Å²) in [5.74, 6) is 0.784. The molecule has 1 atom stereocenters. The number of hydrogen-bond donors (Lipinski definition) is 1. The zero-order valence-electron chi connectivity index (χ0n) is 12.9. The van der Waals surface area contributed by atoms with Crippen molar-refractivity contribution in [3.8, 4) is 0 Å². The third kappa shape index (κ3) is 3.73. The molecule has 0 radical (unpaired) electrons. The standard InChI is InChI=1S/C17H28N2/c1-17(2,3)15-9-5-6-10-16(15)19(4)13-14-8-7-11-18-12-14/h5-6,9-10,14,18H,7-8,11-13H2,1-4H3. The number of hydrogen-bond acceptors (Lipinski definition) is 2. The minimum absolute atomic E-state index is 0.204. The molecule has 1 N–H and O–H groups in total. The van der Waals surface area contributed by atoms with Gasteiger partial charge in [0.15, 0.2) is 0 Å². The van der Waals surface area contributed by atoms with E-state index in [0.29, 0.717) is 0 Å². The Kier molecular flexibility index (Phi) is 4.51. The zero-order chi connectivity index (χ0) is 13.9. The predicted molar refractivity (Wildman–Crippen MR) is 84.0 cm³/mol. The second-order valence-corrected chi connectivity index (χ2v) is 6.86. The minimum Gasteiger partial charge on any atom is -0.374 e. The van der Waals surface area contributed by atoms with E-state index in [9.17, 15) is 0 Å². The average Bonchev–Trinajstić information content (AvgIpc) is 2.39. The maximum Gasteiger partial charge on any atom is 0.0401 e. The number of benzene rings is 1. The number of anilines is 1. The number of nitrogens with zero attached hydrogens (tertiary/aromatic N) is 1. The molecule has 1 unspecified atom stereocenters. The summed E-state index contributed by atoms with van der Waals surface area (Å²) in [6.45, 7) is 10.4. The summed E-state index contributed by atoms with van der Waals surface area (Å²) in [6.07, 6.45) is 2.68. The van der Waals surface area contributed by atoms with Crippen LogP contribution in [-0.4, -0.2) is 26.7 Å². The predicted octanol–water partition coefficient (Wildman–Crippen LogP) is 3.42. The van der Waals surface area contributed by atoms with Crippen LogP contribution in [0.4, 0.5) is 5.69 Å². The van der Waals surface area contributed by atoms with Crippen molar-refractivity contribution in [2.75, 3.05) is 31.6 Å². The van der Waals surface area contributed by atoms with Crippen LogP contribution in [0, 0.1) is 5.92 Å². The van der Waals surface area contributed by atoms with Gasteiger partial charge in [-0.1, -0.05) is 39.0 Å². The van der Waals surface area contributed by atoms with Crippen LogP contribution >= 0.6 is 0 Å². The van der Waals surface area contributed by atoms with E-state index in [-0.39, 0.29) is 5.41 Å². The Bertz CT molecular complexity index is 400. The molecular formula is C17H28N2. The SMILES string of the molecule is CN(CC1CCCNC1)c1ccccc1C(C)(C)C. The number of rotatable bonds is 3. The Morgan fingerprint density at radius 1 is 1.26 bits per heavy atom. The van der Waals surface area contributed by atoms with Crippen molar-refractivity contribution < 1.29 is 0 Å². The highest BCUT2D eigenvalue weighted by Gasteiger charge is 2.21. The summed E-state index contributed by atoms with van der Waals surface area (Å²) in [7, 11) is 2.24. The van der Waals surface area contributed by atoms with Gasteiger partial charge < -0.3 is 10.2 Å². The smallest absolute Gasteiger partial charge is 0.0401 e. The van der Waals surface area contributed by atoms with E-state index in [0.717, 1.165) is 12.5 Å². The van der Waals surface area contributed by atoms with E-state index in [2.05, 4.69) is 62.3 Å². The van der Waals surface area contributed by atoms with Gasteiger partial charge in [-0.2, -0.15) is 0 Å². The first-order valence-corrected chi connectivity index (χ1v) is 7.50. The van der Waals surface area contributed by atoms with Crippen LogP contribution in [0.2, 0.25) is 0 Å². The molecule has 1 saturated heterocycles. The molecule has 0 amide bonds. The first-order valence-electron chi connectivity index (χ1n) is 7.50. The maximum absolute atomic E-state index is 3.51. The van der Waals surface area contributed by atoms with Gasteiger partial charge in [-0.15, -0.1) is 0 Å². The topological polar surface area (TPSA) is 15.3 Å². The number of para-hydroxylation sites is 1. The van der Waals surface area contributed by atoms with Crippen LogP contribution < -0.4 is 10.2 Å². The van der Waals surface area contributed by atoms with E-state index < -0.39 is 0 Å². The zero-order valence-corrected chi connectivity index (χ0v) is 12.9. The molecule has 2 rings (SSSR count). The van der Waals surface area contributed by atoms with Gasteiger partial charge in [-0.05, 0) is 48.9 Å². The van der Waals surface area contributed by atoms with Gasteiger partial charge in [-0.25, -0.2) is 0 Å². The minimum atomic E-state index is 0.204. The maximum atomic E-state index is 3.51. The molecule has 2 heteroatoms. The molecule has 106 valence electrons. The van der Waals surface area contributed by atoms with Gasteiger partial charge in [0.25, 0.3) is 0 Å². The van der Waals surface area contributed by atoms with Gasteiger partial charge in [0.05, 0.1) is 0 Å². The van der Waals surface area contributed by atoms with Gasteiger partial charge in [-0.3, -0.25) is 0 Å². The van der Waals surface area contributed by atoms with Crippen molar-refractivity contribution >= 4 is 5.69 Å². The second-order valence-electron chi connectivity index (χ2n) is 6.86. The largest absolute Gasteiger partial charge is 0.374 e. The van der Waals surface area contributed by atoms with E-state index in [1.807, 2.05) is 0 Å². The fourth-order valence-electron chi connectivity index (χ4n) is 3.01. The summed E-state index contributed by atoms with van der Waals surface area (Å²) >= 11 is 0. The molecule has 0 aliphatic carbocycles. The Balaban J connectivity index is 2.12. The summed E-state index contributed by atoms with van der Waals surface area (Å²) < 4.78 is 0. The van der Waals surface area contributed by atoms with Crippen LogP contribution in [0.25, 0.3) is 0 Å². The van der Waals surface area contributed by atoms with Crippen LogP contribution in [-0.2, 0) is 5.41 Å². The molecule has 1 aromatic rings. The van der Waals surface area contributed by atoms with E-state index in [1.54, 1.807) is 0 Å². The molecule has 0 aromatic heterocycles. The van der Waals surface area contributed by atoms with Crippen LogP contribution in [0.5, 0.6) is 0 Å². The Morgan fingerprint density at radius 3 is 2.63 bits per heavy atom. The summed E-state index contributed by atoms with van der Waals surface area (Å²) in [5.41, 5.74) is 3.04. The van der Waals surface area contributed by atoms with Crippen molar-refractivity contribution in [2.24, 2.45) is 5.92 Å². The lowest BCUT2D eigenvalue weighted by atomic mass is 9.85. The average molecular weight is 260 g/mol. The molecule has 2 nitrogen and oxygen atoms in total. The molecule has 0 bridgehead atoms. The fourth-order valence-corrected chi connectivity index (χ4v) is 3.01. The molecule has 19 heavy (non-hydrogen) atoms. The lowest BCUT2D eigenvalue weighted by Gasteiger charge is -2.32. The van der Waals surface area contributed by atoms with Gasteiger partial charge >= 0.3 is 0 Å². The number of piperidine rings is 1. The van der Waals surface area contributed by atoms with Crippen molar-refractivity contribution in [3.05, 3.63) is 29.8 Å². The van der Waals surface area contributed by atoms with Crippen molar-refractivity contribution in [2.45, 2.75) is 39.0 Å². The summed E-state index contributed by atoms with van der Waals surface area (Å²) in [6, 6.07) is 8.84. The highest BCUT2D eigenvalue weighted by Crippen LogP contribution is 2.31. The first-order chi connectivity index (χ1) is 8.98. The van der Waals surface area contributed by atoms with Crippen LogP contribution in [0.3, 0.4) is 0 Å². The molecule has 1 heterocycles. The van der Waals surface area contributed by atoms with E-state index in [1.165, 1.54) is 37.2 Å². The fraction of sp³-hybridized carbons (Fsp3) is 0.647. The Labute approximate surface area is 118 Å². The van der Waals surface area contributed by atoms with Gasteiger partial charge in [0.1, 0.15) is 0 Å². The first kappa shape index (κ1) is 14.4. The highest BCUT2D eigenvalue weighted by atomic mass is 15.1. The van der Waals surface area contributed by atoms with Crippen molar-refractivity contribution in [3.63, 3.8) is 0 Å². The normalized spacial score (nSPS) is 20.3. The lowest BCUT2D eigenvalue weighted by Crippen LogP contribution is -2.37. The molecule has 1 aliphatic heterocycles. The van der Waals surface area contributed by atoms with Crippen molar-refractivity contribution in [1.29, 1.82) is 0 Å². The highest BCUT2D eigenvalue weighted by molar-refractivity contribution is 5.55. The Morgan fingerprint density at radius 2 is 2.00 bits per heavy atom. The molecule has 0 spiro atoms. The third-order valence-electron chi connectivity index (χ3n) is 4.05. The van der Waals surface area contributed by atoms with Crippen LogP contribution in [0.15, 0.2) is 24.3 Å². The van der Waals surface area contributed by atoms with Crippen molar-refractivity contribution in [1.82, 2.24) is 5.32 Å². The molecule has 1 aliphatic rings. The molecule has 1 aromatic carbocycles. The van der Waals surface area contributed by atoms with Gasteiger partial charge in [0.2, 0.25) is 0 Å². The quantitative estimate of drug-likeness (QED) is 0.896. The summed E-state index contributed by atoms with van der Waals surface area (Å²) in [4.78, 5) is 2.44. The van der Waals surface area contributed by atoms with Gasteiger partial charge in [0, 0.05) is 19.3 Å².